The summed E-state index contributed by atoms with van der Waals surface area (Å²) in [6.07, 6.45) is 4.56. The minimum Gasteiger partial charge on any atom is -0.207 e. The van der Waals surface area contributed by atoms with Crippen molar-refractivity contribution in [2.24, 2.45) is 0 Å². The highest BCUT2D eigenvalue weighted by Crippen LogP contribution is 2.26. The van der Waals surface area contributed by atoms with Crippen LogP contribution in [0.25, 0.3) is 0 Å². The van der Waals surface area contributed by atoms with E-state index in [2.05, 4.69) is 16.9 Å². The fraction of sp³-hybridized carbons (Fsp3) is 0.368. The molecule has 3 rings (SSSR count). The molecular weight excluding hydrogens is 325 g/mol. The van der Waals surface area contributed by atoms with Crippen LogP contribution in [-0.4, -0.2) is 8.42 Å². The van der Waals surface area contributed by atoms with Crippen LogP contribution >= 0.6 is 0 Å². The Balaban J connectivity index is 1.84. The highest BCUT2D eigenvalue weighted by atomic mass is 32.2. The van der Waals surface area contributed by atoms with E-state index < -0.39 is 15.8 Å². The number of sulfonamides is 1. The molecule has 2 aromatic rings. The van der Waals surface area contributed by atoms with Crippen molar-refractivity contribution in [3.05, 3.63) is 64.5 Å². The number of fused-ring (bicyclic) bond motifs is 1. The average Bonchev–Trinajstić information content (AvgIpc) is 2.53. The lowest BCUT2D eigenvalue weighted by Gasteiger charge is -2.20. The molecule has 0 heterocycles. The van der Waals surface area contributed by atoms with E-state index in [9.17, 15) is 12.8 Å². The second-order valence-electron chi connectivity index (χ2n) is 6.49. The first-order chi connectivity index (χ1) is 11.4. The molecule has 1 aliphatic carbocycles. The monoisotopic (exact) mass is 347 g/mol. The van der Waals surface area contributed by atoms with Crippen LogP contribution in [0.15, 0.2) is 41.3 Å². The number of hydrogen-bond acceptors (Lipinski definition) is 2. The van der Waals surface area contributed by atoms with Crippen molar-refractivity contribution in [2.75, 3.05) is 0 Å². The zero-order chi connectivity index (χ0) is 17.3. The van der Waals surface area contributed by atoms with E-state index >= 15 is 0 Å². The molecule has 0 aliphatic heterocycles. The smallest absolute Gasteiger partial charge is 0.207 e. The van der Waals surface area contributed by atoms with Crippen molar-refractivity contribution in [2.45, 2.75) is 50.5 Å². The van der Waals surface area contributed by atoms with Gasteiger partial charge in [-0.2, -0.15) is 0 Å². The van der Waals surface area contributed by atoms with Gasteiger partial charge < -0.3 is 0 Å². The molecule has 0 unspecified atom stereocenters. The van der Waals surface area contributed by atoms with Crippen LogP contribution in [0.3, 0.4) is 0 Å². The minimum absolute atomic E-state index is 0.119. The van der Waals surface area contributed by atoms with Crippen molar-refractivity contribution in [1.29, 1.82) is 0 Å². The molecule has 24 heavy (non-hydrogen) atoms. The van der Waals surface area contributed by atoms with Gasteiger partial charge in [0.2, 0.25) is 10.0 Å². The lowest BCUT2D eigenvalue weighted by Crippen LogP contribution is -2.27. The summed E-state index contributed by atoms with van der Waals surface area (Å²) in [6, 6.07) is 9.59. The van der Waals surface area contributed by atoms with E-state index in [1.54, 1.807) is 6.92 Å². The molecule has 1 atom stereocenters. The predicted molar refractivity (Wildman–Crippen MR) is 93.0 cm³/mol. The average molecular weight is 347 g/mol. The van der Waals surface area contributed by atoms with Gasteiger partial charge in [0.25, 0.3) is 0 Å². The highest BCUT2D eigenvalue weighted by Gasteiger charge is 2.21. The first-order valence-electron chi connectivity index (χ1n) is 8.27. The highest BCUT2D eigenvalue weighted by molar-refractivity contribution is 7.89. The molecule has 2 aromatic carbocycles. The molecule has 0 fully saturated rings. The van der Waals surface area contributed by atoms with Crippen LogP contribution in [0.5, 0.6) is 0 Å². The molecule has 0 spiro atoms. The molecule has 0 bridgehead atoms. The first kappa shape index (κ1) is 17.1. The van der Waals surface area contributed by atoms with E-state index in [1.165, 1.54) is 42.2 Å². The molecule has 5 heteroatoms. The van der Waals surface area contributed by atoms with E-state index in [1.807, 2.05) is 13.0 Å². The summed E-state index contributed by atoms with van der Waals surface area (Å²) in [4.78, 5) is 0.119. The molecule has 0 saturated carbocycles. The number of rotatable bonds is 4. The molecule has 0 aromatic heterocycles. The summed E-state index contributed by atoms with van der Waals surface area (Å²) in [5.41, 5.74) is 4.05. The van der Waals surface area contributed by atoms with Crippen LogP contribution in [0.2, 0.25) is 0 Å². The molecule has 1 aliphatic rings. The Labute approximate surface area is 143 Å². The van der Waals surface area contributed by atoms with Gasteiger partial charge in [-0.05, 0) is 80.0 Å². The number of halogens is 1. The topological polar surface area (TPSA) is 46.2 Å². The van der Waals surface area contributed by atoms with E-state index in [-0.39, 0.29) is 10.9 Å². The summed E-state index contributed by atoms with van der Waals surface area (Å²) in [5, 5.41) is 0. The van der Waals surface area contributed by atoms with Gasteiger partial charge in [-0.25, -0.2) is 17.5 Å². The van der Waals surface area contributed by atoms with Gasteiger partial charge in [0.05, 0.1) is 4.90 Å². The normalized spacial score (nSPS) is 15.8. The molecule has 1 N–H and O–H groups in total. The number of hydrogen-bond donors (Lipinski definition) is 1. The van der Waals surface area contributed by atoms with Crippen molar-refractivity contribution < 1.29 is 12.8 Å². The fourth-order valence-corrected chi connectivity index (χ4v) is 4.76. The van der Waals surface area contributed by atoms with Gasteiger partial charge in [-0.15, -0.1) is 0 Å². The van der Waals surface area contributed by atoms with Gasteiger partial charge in [-0.3, -0.25) is 0 Å². The molecular formula is C19H22FNO2S. The van der Waals surface area contributed by atoms with Crippen molar-refractivity contribution in [3.8, 4) is 0 Å². The van der Waals surface area contributed by atoms with Crippen LogP contribution in [0.1, 0.15) is 48.1 Å². The molecule has 0 amide bonds. The van der Waals surface area contributed by atoms with Crippen LogP contribution < -0.4 is 4.72 Å². The van der Waals surface area contributed by atoms with E-state index in [4.69, 9.17) is 0 Å². The number of aryl methyl sites for hydroxylation is 3. The largest absolute Gasteiger partial charge is 0.241 e. The SMILES string of the molecule is Cc1cc(F)ccc1S(=O)(=O)N[C@@H](C)c1ccc2c(c1)CCCC2. The predicted octanol–water partition coefficient (Wildman–Crippen LogP) is 4.05. The summed E-state index contributed by atoms with van der Waals surface area (Å²) < 4.78 is 41.1. The fourth-order valence-electron chi connectivity index (χ4n) is 3.30. The molecule has 3 nitrogen and oxygen atoms in total. The molecule has 0 radical (unpaired) electrons. The maximum absolute atomic E-state index is 13.2. The number of benzene rings is 2. The van der Waals surface area contributed by atoms with Crippen LogP contribution in [0.4, 0.5) is 4.39 Å². The van der Waals surface area contributed by atoms with Crippen molar-refractivity contribution >= 4 is 10.0 Å². The second-order valence-corrected chi connectivity index (χ2v) is 8.17. The van der Waals surface area contributed by atoms with Gasteiger partial charge >= 0.3 is 0 Å². The standard InChI is InChI=1S/C19H22FNO2S/c1-13-11-18(20)9-10-19(13)24(22,23)21-14(2)16-8-7-15-5-3-4-6-17(15)12-16/h7-12,14,21H,3-6H2,1-2H3/t14-/m0/s1. The van der Waals surface area contributed by atoms with Gasteiger partial charge in [-0.1, -0.05) is 18.2 Å². The van der Waals surface area contributed by atoms with Gasteiger partial charge in [0, 0.05) is 6.04 Å². The Hall–Kier alpha value is -1.72. The van der Waals surface area contributed by atoms with Crippen LogP contribution in [0, 0.1) is 12.7 Å². The van der Waals surface area contributed by atoms with Gasteiger partial charge in [0.15, 0.2) is 0 Å². The summed E-state index contributed by atoms with van der Waals surface area (Å²) >= 11 is 0. The maximum atomic E-state index is 13.2. The summed E-state index contributed by atoms with van der Waals surface area (Å²) in [5.74, 6) is -0.436. The Bertz CT molecular complexity index is 862. The van der Waals surface area contributed by atoms with E-state index in [0.717, 1.165) is 18.4 Å². The van der Waals surface area contributed by atoms with E-state index in [0.29, 0.717) is 5.56 Å². The second kappa shape index (κ2) is 6.65. The Kier molecular flexibility index (Phi) is 4.74. The molecule has 128 valence electrons. The van der Waals surface area contributed by atoms with Crippen molar-refractivity contribution in [3.63, 3.8) is 0 Å². The third-order valence-corrected chi connectivity index (χ3v) is 6.33. The third-order valence-electron chi connectivity index (χ3n) is 4.63. The third kappa shape index (κ3) is 3.52. The molecule has 0 saturated heterocycles. The number of nitrogens with one attached hydrogen (secondary N) is 1. The van der Waals surface area contributed by atoms with Crippen LogP contribution in [-0.2, 0) is 22.9 Å². The zero-order valence-corrected chi connectivity index (χ0v) is 14.8. The maximum Gasteiger partial charge on any atom is 0.241 e. The Morgan fingerprint density at radius 2 is 1.75 bits per heavy atom. The first-order valence-corrected chi connectivity index (χ1v) is 9.75. The summed E-state index contributed by atoms with van der Waals surface area (Å²) in [7, 11) is -3.69. The Morgan fingerprint density at radius 1 is 1.04 bits per heavy atom. The van der Waals surface area contributed by atoms with Gasteiger partial charge in [0.1, 0.15) is 5.82 Å². The lowest BCUT2D eigenvalue weighted by molar-refractivity contribution is 0.565. The quantitative estimate of drug-likeness (QED) is 0.907. The Morgan fingerprint density at radius 3 is 2.46 bits per heavy atom. The minimum atomic E-state index is -3.69. The summed E-state index contributed by atoms with van der Waals surface area (Å²) in [6.45, 7) is 3.43. The zero-order valence-electron chi connectivity index (χ0n) is 14.0. The van der Waals surface area contributed by atoms with Crippen molar-refractivity contribution in [1.82, 2.24) is 4.72 Å². The lowest BCUT2D eigenvalue weighted by atomic mass is 9.89.